The molecule has 108 valence electrons. The number of nitrogens with one attached hydrogen (secondary N) is 1. The van der Waals surface area contributed by atoms with E-state index in [0.29, 0.717) is 13.1 Å². The van der Waals surface area contributed by atoms with Gasteiger partial charge in [-0.05, 0) is 13.3 Å². The molecule has 1 fully saturated rings. The first-order valence-corrected chi connectivity index (χ1v) is 7.78. The van der Waals surface area contributed by atoms with Crippen LogP contribution in [0.25, 0.3) is 0 Å². The lowest BCUT2D eigenvalue weighted by Crippen LogP contribution is -2.52. The molecule has 0 saturated carbocycles. The van der Waals surface area contributed by atoms with Crippen molar-refractivity contribution in [3.8, 4) is 0 Å². The lowest BCUT2D eigenvalue weighted by molar-refractivity contribution is 0.128. The van der Waals surface area contributed by atoms with Gasteiger partial charge >= 0.3 is 6.09 Å². The summed E-state index contributed by atoms with van der Waals surface area (Å²) in [5, 5.41) is 14.4. The fourth-order valence-electron chi connectivity index (χ4n) is 1.88. The molecular formula is C11H18ClN3O2S2. The molecule has 0 spiro atoms. The van der Waals surface area contributed by atoms with Gasteiger partial charge in [0.1, 0.15) is 4.34 Å². The first kappa shape index (κ1) is 16.6. The second-order valence-corrected chi connectivity index (χ2v) is 6.47. The Morgan fingerprint density at radius 2 is 2.53 bits per heavy atom. The van der Waals surface area contributed by atoms with Crippen LogP contribution in [0.2, 0.25) is 0 Å². The Morgan fingerprint density at radius 3 is 3.16 bits per heavy atom. The molecule has 0 radical (unpaired) electrons. The number of piperazine rings is 1. The van der Waals surface area contributed by atoms with Gasteiger partial charge in [-0.1, -0.05) is 11.8 Å². The molecule has 5 nitrogen and oxygen atoms in total. The van der Waals surface area contributed by atoms with Crippen LogP contribution < -0.4 is 5.32 Å². The van der Waals surface area contributed by atoms with E-state index >= 15 is 0 Å². The monoisotopic (exact) mass is 323 g/mol. The van der Waals surface area contributed by atoms with E-state index in [4.69, 9.17) is 5.11 Å². The Hall–Kier alpha value is -0.500. The second-order valence-electron chi connectivity index (χ2n) is 4.27. The lowest BCUT2D eigenvalue weighted by Gasteiger charge is -2.31. The van der Waals surface area contributed by atoms with Crippen molar-refractivity contribution in [3.05, 3.63) is 11.1 Å². The average molecular weight is 324 g/mol. The number of aromatic nitrogens is 1. The zero-order chi connectivity index (χ0) is 13.0. The van der Waals surface area contributed by atoms with Crippen molar-refractivity contribution in [2.45, 2.75) is 23.7 Å². The Labute approximate surface area is 127 Å². The van der Waals surface area contributed by atoms with E-state index in [-0.39, 0.29) is 18.4 Å². The highest BCUT2D eigenvalue weighted by molar-refractivity contribution is 8.01. The van der Waals surface area contributed by atoms with Gasteiger partial charge in [-0.3, -0.25) is 0 Å². The van der Waals surface area contributed by atoms with Crippen LogP contribution in [-0.4, -0.2) is 52.5 Å². The van der Waals surface area contributed by atoms with Crippen molar-refractivity contribution < 1.29 is 9.90 Å². The molecule has 8 heteroatoms. The molecule has 19 heavy (non-hydrogen) atoms. The van der Waals surface area contributed by atoms with Crippen LogP contribution in [0, 0.1) is 6.92 Å². The van der Waals surface area contributed by atoms with Crippen LogP contribution in [-0.2, 0) is 0 Å². The van der Waals surface area contributed by atoms with E-state index < -0.39 is 6.09 Å². The number of thiazole rings is 1. The van der Waals surface area contributed by atoms with Crippen LogP contribution >= 0.6 is 35.5 Å². The van der Waals surface area contributed by atoms with Crippen molar-refractivity contribution in [2.75, 3.05) is 25.4 Å². The van der Waals surface area contributed by atoms with Crippen LogP contribution in [0.5, 0.6) is 0 Å². The SMILES string of the molecule is Cc1csc(SCC[C@@H]2CN(C(=O)O)CCN2)n1.Cl. The van der Waals surface area contributed by atoms with Gasteiger partial charge in [0, 0.05) is 42.5 Å². The minimum atomic E-state index is -0.815. The van der Waals surface area contributed by atoms with E-state index in [1.807, 2.05) is 12.3 Å². The van der Waals surface area contributed by atoms with E-state index in [0.717, 1.165) is 28.8 Å². The zero-order valence-corrected chi connectivity index (χ0v) is 13.1. The number of hydrogen-bond donors (Lipinski definition) is 2. The highest BCUT2D eigenvalue weighted by Crippen LogP contribution is 2.23. The number of amides is 1. The summed E-state index contributed by atoms with van der Waals surface area (Å²) >= 11 is 3.41. The third kappa shape index (κ3) is 5.18. The largest absolute Gasteiger partial charge is 0.465 e. The molecule has 2 heterocycles. The minimum absolute atomic E-state index is 0. The number of nitrogens with zero attached hydrogens (tertiary/aromatic N) is 2. The summed E-state index contributed by atoms with van der Waals surface area (Å²) in [4.78, 5) is 16.8. The number of aryl methyl sites for hydroxylation is 1. The molecule has 0 aliphatic carbocycles. The Kier molecular flexibility index (Phi) is 6.92. The molecule has 0 aromatic carbocycles. The Bertz CT molecular complexity index is 416. The molecule has 1 aliphatic rings. The number of rotatable bonds is 4. The highest BCUT2D eigenvalue weighted by Gasteiger charge is 2.22. The third-order valence-corrected chi connectivity index (χ3v) is 4.99. The molecule has 0 bridgehead atoms. The predicted octanol–water partition coefficient (Wildman–Crippen LogP) is 2.31. The summed E-state index contributed by atoms with van der Waals surface area (Å²) in [5.41, 5.74) is 1.07. The summed E-state index contributed by atoms with van der Waals surface area (Å²) in [6.45, 7) is 3.92. The van der Waals surface area contributed by atoms with Crippen molar-refractivity contribution in [3.63, 3.8) is 0 Å². The van der Waals surface area contributed by atoms with Gasteiger partial charge in [-0.15, -0.1) is 23.7 Å². The van der Waals surface area contributed by atoms with Crippen LogP contribution in [0.15, 0.2) is 9.72 Å². The number of halogens is 1. The fourth-order valence-corrected chi connectivity index (χ4v) is 3.85. The molecule has 1 aliphatic heterocycles. The van der Waals surface area contributed by atoms with Gasteiger partial charge in [-0.25, -0.2) is 9.78 Å². The maximum absolute atomic E-state index is 10.9. The maximum Gasteiger partial charge on any atom is 0.407 e. The molecule has 2 N–H and O–H groups in total. The van der Waals surface area contributed by atoms with Gasteiger partial charge in [0.15, 0.2) is 0 Å². The fraction of sp³-hybridized carbons (Fsp3) is 0.636. The van der Waals surface area contributed by atoms with Gasteiger partial charge < -0.3 is 15.3 Å². The van der Waals surface area contributed by atoms with Crippen molar-refractivity contribution >= 4 is 41.6 Å². The summed E-state index contributed by atoms with van der Waals surface area (Å²) in [6, 6.07) is 0.267. The van der Waals surface area contributed by atoms with Crippen molar-refractivity contribution in [2.24, 2.45) is 0 Å². The summed E-state index contributed by atoms with van der Waals surface area (Å²) in [7, 11) is 0. The molecule has 1 saturated heterocycles. The number of hydrogen-bond acceptors (Lipinski definition) is 5. The Morgan fingerprint density at radius 1 is 1.74 bits per heavy atom. The van der Waals surface area contributed by atoms with Crippen LogP contribution in [0.1, 0.15) is 12.1 Å². The molecular weight excluding hydrogens is 306 g/mol. The minimum Gasteiger partial charge on any atom is -0.465 e. The average Bonchev–Trinajstić information content (AvgIpc) is 2.75. The molecule has 1 amide bonds. The topological polar surface area (TPSA) is 65.5 Å². The van der Waals surface area contributed by atoms with E-state index in [9.17, 15) is 4.79 Å². The standard InChI is InChI=1S/C11H17N3O2S2.ClH/c1-8-7-18-10(13-8)17-5-2-9-6-14(11(15)16)4-3-12-9;/h7,9,12H,2-6H2,1H3,(H,15,16);1H/t9-;/m1./s1. The molecule has 1 aromatic rings. The quantitative estimate of drug-likeness (QED) is 0.832. The van der Waals surface area contributed by atoms with E-state index in [1.54, 1.807) is 23.1 Å². The van der Waals surface area contributed by atoms with E-state index in [1.165, 1.54) is 4.90 Å². The summed E-state index contributed by atoms with van der Waals surface area (Å²) in [6.07, 6.45) is 0.150. The van der Waals surface area contributed by atoms with Gasteiger partial charge in [-0.2, -0.15) is 0 Å². The normalized spacial score (nSPS) is 19.0. The summed E-state index contributed by atoms with van der Waals surface area (Å²) < 4.78 is 1.10. The van der Waals surface area contributed by atoms with Gasteiger partial charge in [0.25, 0.3) is 0 Å². The number of carbonyl (C=O) groups is 1. The molecule has 0 unspecified atom stereocenters. The first-order valence-electron chi connectivity index (χ1n) is 5.91. The molecule has 2 rings (SSSR count). The van der Waals surface area contributed by atoms with Gasteiger partial charge in [0.2, 0.25) is 0 Å². The summed E-state index contributed by atoms with van der Waals surface area (Å²) in [5.74, 6) is 0.970. The molecule has 1 aromatic heterocycles. The zero-order valence-electron chi connectivity index (χ0n) is 10.7. The van der Waals surface area contributed by atoms with Crippen LogP contribution in [0.4, 0.5) is 4.79 Å². The van der Waals surface area contributed by atoms with E-state index in [2.05, 4.69) is 10.3 Å². The Balaban J connectivity index is 0.00000180. The van der Waals surface area contributed by atoms with Crippen molar-refractivity contribution in [1.82, 2.24) is 15.2 Å². The maximum atomic E-state index is 10.9. The molecule has 1 atom stereocenters. The second kappa shape index (κ2) is 7.94. The third-order valence-electron chi connectivity index (χ3n) is 2.82. The smallest absolute Gasteiger partial charge is 0.407 e. The highest BCUT2D eigenvalue weighted by atomic mass is 35.5. The van der Waals surface area contributed by atoms with Crippen LogP contribution in [0.3, 0.4) is 0 Å². The van der Waals surface area contributed by atoms with Gasteiger partial charge in [0.05, 0.1) is 0 Å². The number of carboxylic acid groups (broad SMARTS) is 1. The van der Waals surface area contributed by atoms with Crippen molar-refractivity contribution in [1.29, 1.82) is 0 Å². The first-order chi connectivity index (χ1) is 8.65. The lowest BCUT2D eigenvalue weighted by atomic mass is 10.2. The predicted molar refractivity (Wildman–Crippen MR) is 80.8 cm³/mol. The number of thioether (sulfide) groups is 1.